The number of amides is 1. The van der Waals surface area contributed by atoms with Crippen LogP contribution in [0.15, 0.2) is 18.2 Å². The van der Waals surface area contributed by atoms with Crippen LogP contribution in [0.3, 0.4) is 0 Å². The number of ketones is 1. The number of methoxy groups -OCH3 is 1. The summed E-state index contributed by atoms with van der Waals surface area (Å²) < 4.78 is 5.03. The number of likely N-dealkylation sites (N-methyl/N-ethyl adjacent to an activating group) is 2. The number of rotatable bonds is 7. The van der Waals surface area contributed by atoms with E-state index in [4.69, 9.17) is 16.3 Å². The van der Waals surface area contributed by atoms with E-state index in [1.54, 1.807) is 30.1 Å². The van der Waals surface area contributed by atoms with E-state index in [0.29, 0.717) is 22.9 Å². The summed E-state index contributed by atoms with van der Waals surface area (Å²) in [5, 5.41) is 3.08. The monoisotopic (exact) mass is 298 g/mol. The summed E-state index contributed by atoms with van der Waals surface area (Å²) >= 11 is 5.98. The Kier molecular flexibility index (Phi) is 6.48. The van der Waals surface area contributed by atoms with E-state index >= 15 is 0 Å². The second-order valence-corrected chi connectivity index (χ2v) is 4.81. The van der Waals surface area contributed by atoms with Crippen LogP contribution in [-0.2, 0) is 4.79 Å². The Morgan fingerprint density at radius 2 is 2.05 bits per heavy atom. The third-order valence-electron chi connectivity index (χ3n) is 2.67. The summed E-state index contributed by atoms with van der Waals surface area (Å²) in [6.07, 6.45) is 0. The lowest BCUT2D eigenvalue weighted by Crippen LogP contribution is -2.37. The number of nitrogens with one attached hydrogen (secondary N) is 1. The van der Waals surface area contributed by atoms with Gasteiger partial charge in [-0.1, -0.05) is 11.6 Å². The van der Waals surface area contributed by atoms with Gasteiger partial charge in [-0.15, -0.1) is 0 Å². The first-order chi connectivity index (χ1) is 9.47. The van der Waals surface area contributed by atoms with Crippen LogP contribution in [-0.4, -0.2) is 50.4 Å². The lowest BCUT2D eigenvalue weighted by molar-refractivity contribution is -0.121. The fraction of sp³-hybridized carbons (Fsp3) is 0.429. The van der Waals surface area contributed by atoms with Gasteiger partial charge < -0.3 is 10.1 Å². The number of carbonyl (C=O) groups is 2. The van der Waals surface area contributed by atoms with Gasteiger partial charge in [-0.2, -0.15) is 0 Å². The largest absolute Gasteiger partial charge is 0.495 e. The maximum absolute atomic E-state index is 12.1. The molecule has 1 rings (SSSR count). The fourth-order valence-corrected chi connectivity index (χ4v) is 1.99. The molecule has 0 saturated heterocycles. The number of ether oxygens (including phenoxy) is 1. The number of hydrogen-bond acceptors (Lipinski definition) is 4. The highest BCUT2D eigenvalue weighted by Gasteiger charge is 2.13. The van der Waals surface area contributed by atoms with Crippen molar-refractivity contribution in [3.05, 3.63) is 28.8 Å². The molecular formula is C14H19ClN2O3. The topological polar surface area (TPSA) is 58.6 Å². The minimum absolute atomic E-state index is 0.0960. The van der Waals surface area contributed by atoms with Crippen LogP contribution in [0.5, 0.6) is 5.75 Å². The smallest absolute Gasteiger partial charge is 0.234 e. The van der Waals surface area contributed by atoms with Crippen molar-refractivity contribution in [3.8, 4) is 5.75 Å². The summed E-state index contributed by atoms with van der Waals surface area (Å²) in [5.74, 6) is 0.329. The van der Waals surface area contributed by atoms with Gasteiger partial charge in [0.25, 0.3) is 0 Å². The molecule has 0 bridgehead atoms. The molecule has 1 aromatic carbocycles. The van der Waals surface area contributed by atoms with Crippen molar-refractivity contribution >= 4 is 23.3 Å². The Labute approximate surface area is 123 Å². The molecule has 0 saturated carbocycles. The molecule has 0 spiro atoms. The Hall–Kier alpha value is -1.59. The standard InChI is InChI=1S/C14H19ClN2O3/c1-4-16-14(19)9-17(2)8-12(18)10-5-6-13(20-3)11(15)7-10/h5-7H,4,8-9H2,1-3H3,(H,16,19). The number of halogens is 1. The summed E-state index contributed by atoms with van der Waals surface area (Å²) in [6, 6.07) is 4.88. The first-order valence-electron chi connectivity index (χ1n) is 6.30. The van der Waals surface area contributed by atoms with Gasteiger partial charge in [0.15, 0.2) is 5.78 Å². The molecule has 0 unspecified atom stereocenters. The number of hydrogen-bond donors (Lipinski definition) is 1. The SMILES string of the molecule is CCNC(=O)CN(C)CC(=O)c1ccc(OC)c(Cl)c1. The van der Waals surface area contributed by atoms with E-state index in [9.17, 15) is 9.59 Å². The predicted octanol–water partition coefficient (Wildman–Crippen LogP) is 1.60. The van der Waals surface area contributed by atoms with Crippen molar-refractivity contribution < 1.29 is 14.3 Å². The van der Waals surface area contributed by atoms with Gasteiger partial charge in [-0.3, -0.25) is 14.5 Å². The number of nitrogens with zero attached hydrogens (tertiary/aromatic N) is 1. The fourth-order valence-electron chi connectivity index (χ4n) is 1.73. The quantitative estimate of drug-likeness (QED) is 0.777. The summed E-state index contributed by atoms with van der Waals surface area (Å²) in [6.45, 7) is 2.76. The number of Topliss-reactive ketones (excluding diaryl/α,β-unsaturated/α-hetero) is 1. The van der Waals surface area contributed by atoms with Crippen molar-refractivity contribution in [2.45, 2.75) is 6.92 Å². The molecule has 0 fully saturated rings. The molecule has 1 N–H and O–H groups in total. The van der Waals surface area contributed by atoms with Gasteiger partial charge in [0, 0.05) is 12.1 Å². The van der Waals surface area contributed by atoms with E-state index < -0.39 is 0 Å². The van der Waals surface area contributed by atoms with Gasteiger partial charge in [0.05, 0.1) is 25.2 Å². The van der Waals surface area contributed by atoms with E-state index in [1.165, 1.54) is 7.11 Å². The van der Waals surface area contributed by atoms with Gasteiger partial charge in [0.1, 0.15) is 5.75 Å². The van der Waals surface area contributed by atoms with Gasteiger partial charge in [0.2, 0.25) is 5.91 Å². The number of carbonyl (C=O) groups excluding carboxylic acids is 2. The molecule has 0 heterocycles. The van der Waals surface area contributed by atoms with E-state index in [-0.39, 0.29) is 24.8 Å². The zero-order valence-electron chi connectivity index (χ0n) is 11.9. The molecule has 20 heavy (non-hydrogen) atoms. The highest BCUT2D eigenvalue weighted by molar-refractivity contribution is 6.32. The van der Waals surface area contributed by atoms with Crippen molar-refractivity contribution in [1.82, 2.24) is 10.2 Å². The highest BCUT2D eigenvalue weighted by atomic mass is 35.5. The summed E-state index contributed by atoms with van der Waals surface area (Å²) in [7, 11) is 3.24. The van der Waals surface area contributed by atoms with Crippen LogP contribution in [0.25, 0.3) is 0 Å². The van der Waals surface area contributed by atoms with Gasteiger partial charge in [-0.25, -0.2) is 0 Å². The van der Waals surface area contributed by atoms with E-state index in [1.807, 2.05) is 6.92 Å². The molecule has 0 aliphatic carbocycles. The molecule has 0 aliphatic rings. The lowest BCUT2D eigenvalue weighted by atomic mass is 10.1. The van der Waals surface area contributed by atoms with Crippen LogP contribution in [0, 0.1) is 0 Å². The first-order valence-corrected chi connectivity index (χ1v) is 6.67. The highest BCUT2D eigenvalue weighted by Crippen LogP contribution is 2.25. The Morgan fingerprint density at radius 3 is 2.60 bits per heavy atom. The van der Waals surface area contributed by atoms with Crippen LogP contribution in [0.2, 0.25) is 5.02 Å². The second kappa shape index (κ2) is 7.87. The molecule has 0 radical (unpaired) electrons. The summed E-state index contributed by atoms with van der Waals surface area (Å²) in [4.78, 5) is 25.1. The molecule has 0 aromatic heterocycles. The van der Waals surface area contributed by atoms with Crippen molar-refractivity contribution in [1.29, 1.82) is 0 Å². The molecule has 5 nitrogen and oxygen atoms in total. The molecule has 0 aliphatic heterocycles. The minimum Gasteiger partial charge on any atom is -0.495 e. The average Bonchev–Trinajstić information content (AvgIpc) is 2.38. The van der Waals surface area contributed by atoms with Crippen molar-refractivity contribution in [2.75, 3.05) is 33.8 Å². The Balaban J connectivity index is 2.62. The maximum Gasteiger partial charge on any atom is 0.234 e. The third-order valence-corrected chi connectivity index (χ3v) is 2.97. The van der Waals surface area contributed by atoms with Crippen LogP contribution in [0.1, 0.15) is 17.3 Å². The third kappa shape index (κ3) is 4.83. The zero-order valence-corrected chi connectivity index (χ0v) is 12.7. The lowest BCUT2D eigenvalue weighted by Gasteiger charge is -2.15. The predicted molar refractivity (Wildman–Crippen MR) is 78.5 cm³/mol. The summed E-state index contributed by atoms with van der Waals surface area (Å²) in [5.41, 5.74) is 0.499. The van der Waals surface area contributed by atoms with Crippen LogP contribution in [0.4, 0.5) is 0 Å². The molecular weight excluding hydrogens is 280 g/mol. The zero-order chi connectivity index (χ0) is 15.1. The number of benzene rings is 1. The molecule has 1 aromatic rings. The van der Waals surface area contributed by atoms with Crippen molar-refractivity contribution in [3.63, 3.8) is 0 Å². The van der Waals surface area contributed by atoms with Crippen molar-refractivity contribution in [2.24, 2.45) is 0 Å². The molecule has 0 atom stereocenters. The van der Waals surface area contributed by atoms with Gasteiger partial charge >= 0.3 is 0 Å². The normalized spacial score (nSPS) is 10.4. The molecule has 110 valence electrons. The Morgan fingerprint density at radius 1 is 1.35 bits per heavy atom. The Bertz CT molecular complexity index is 491. The van der Waals surface area contributed by atoms with E-state index in [2.05, 4.69) is 5.32 Å². The molecule has 6 heteroatoms. The van der Waals surface area contributed by atoms with Gasteiger partial charge in [-0.05, 0) is 32.2 Å². The average molecular weight is 299 g/mol. The van der Waals surface area contributed by atoms with Crippen LogP contribution < -0.4 is 10.1 Å². The van der Waals surface area contributed by atoms with Crippen LogP contribution >= 0.6 is 11.6 Å². The van der Waals surface area contributed by atoms with E-state index in [0.717, 1.165) is 0 Å². The molecule has 1 amide bonds. The second-order valence-electron chi connectivity index (χ2n) is 4.40. The first kappa shape index (κ1) is 16.5. The maximum atomic E-state index is 12.1. The minimum atomic E-state index is -0.101.